The highest BCUT2D eigenvalue weighted by atomic mass is 16.5. The van der Waals surface area contributed by atoms with Crippen LogP contribution >= 0.6 is 0 Å². The Bertz CT molecular complexity index is 720. The number of carbonyl (C=O) groups excluding carboxylic acids is 1. The molecule has 1 amide bonds. The third-order valence-corrected chi connectivity index (χ3v) is 4.79. The molecule has 6 nitrogen and oxygen atoms in total. The van der Waals surface area contributed by atoms with E-state index in [0.717, 1.165) is 45.6 Å². The summed E-state index contributed by atoms with van der Waals surface area (Å²) in [6.07, 6.45) is 2.06. The molecule has 0 spiro atoms. The van der Waals surface area contributed by atoms with Crippen LogP contribution in [-0.4, -0.2) is 55.2 Å². The van der Waals surface area contributed by atoms with Crippen LogP contribution in [0.4, 0.5) is 5.69 Å². The molecular weight excluding hydrogens is 328 g/mol. The molecule has 26 heavy (non-hydrogen) atoms. The fourth-order valence-corrected chi connectivity index (χ4v) is 3.28. The average molecular weight is 356 g/mol. The van der Waals surface area contributed by atoms with Crippen molar-refractivity contribution in [2.24, 2.45) is 0 Å². The zero-order valence-corrected chi connectivity index (χ0v) is 15.7. The van der Waals surface area contributed by atoms with Gasteiger partial charge in [-0.1, -0.05) is 17.3 Å². The Morgan fingerprint density at radius 3 is 2.65 bits per heavy atom. The Morgan fingerprint density at radius 1 is 1.15 bits per heavy atom. The van der Waals surface area contributed by atoms with Crippen molar-refractivity contribution in [2.75, 3.05) is 44.2 Å². The number of hydrogen-bond donors (Lipinski definition) is 1. The lowest BCUT2D eigenvalue weighted by molar-refractivity contribution is 0.0943. The third kappa shape index (κ3) is 5.08. The second kappa shape index (κ2) is 8.85. The van der Waals surface area contributed by atoms with Gasteiger partial charge >= 0.3 is 0 Å². The number of anilines is 1. The summed E-state index contributed by atoms with van der Waals surface area (Å²) in [6.45, 7) is 10.0. The number of nitrogens with one attached hydrogen (secondary N) is 1. The van der Waals surface area contributed by atoms with Crippen molar-refractivity contribution >= 4 is 11.6 Å². The molecule has 6 heteroatoms. The number of unbranched alkanes of at least 4 members (excludes halogenated alkanes) is 1. The molecule has 0 unspecified atom stereocenters. The lowest BCUT2D eigenvalue weighted by Gasteiger charge is -2.36. The van der Waals surface area contributed by atoms with Crippen LogP contribution in [0.2, 0.25) is 0 Å². The molecule has 1 aliphatic heterocycles. The normalized spacial score (nSPS) is 15.2. The molecule has 0 bridgehead atoms. The van der Waals surface area contributed by atoms with E-state index in [2.05, 4.69) is 51.5 Å². The largest absolute Gasteiger partial charge is 0.369 e. The van der Waals surface area contributed by atoms with E-state index in [1.807, 2.05) is 0 Å². The molecule has 3 rings (SSSR count). The summed E-state index contributed by atoms with van der Waals surface area (Å²) in [5.41, 5.74) is 3.00. The topological polar surface area (TPSA) is 61.6 Å². The number of rotatable bonds is 7. The average Bonchev–Trinajstić information content (AvgIpc) is 3.08. The lowest BCUT2D eigenvalue weighted by atomic mass is 10.2. The maximum atomic E-state index is 11.9. The number of hydrogen-bond acceptors (Lipinski definition) is 5. The van der Waals surface area contributed by atoms with Crippen molar-refractivity contribution in [2.45, 2.75) is 26.7 Å². The molecule has 1 aliphatic rings. The monoisotopic (exact) mass is 356 g/mol. The molecule has 140 valence electrons. The number of amides is 1. The minimum absolute atomic E-state index is 0.159. The van der Waals surface area contributed by atoms with Crippen LogP contribution in [0.1, 0.15) is 34.7 Å². The molecule has 0 radical (unpaired) electrons. The summed E-state index contributed by atoms with van der Waals surface area (Å²) in [5, 5.41) is 6.62. The summed E-state index contributed by atoms with van der Waals surface area (Å²) in [4.78, 5) is 16.8. The van der Waals surface area contributed by atoms with E-state index in [4.69, 9.17) is 4.52 Å². The molecule has 1 aromatic heterocycles. The maximum Gasteiger partial charge on any atom is 0.273 e. The van der Waals surface area contributed by atoms with E-state index in [0.29, 0.717) is 18.0 Å². The first-order valence-electron chi connectivity index (χ1n) is 9.37. The molecule has 1 N–H and O–H groups in total. The zero-order valence-electron chi connectivity index (χ0n) is 15.7. The summed E-state index contributed by atoms with van der Waals surface area (Å²) < 4.78 is 4.92. The van der Waals surface area contributed by atoms with Gasteiger partial charge in [0.2, 0.25) is 0 Å². The van der Waals surface area contributed by atoms with E-state index in [-0.39, 0.29) is 5.91 Å². The summed E-state index contributed by atoms with van der Waals surface area (Å²) in [7, 11) is 0. The molecule has 0 saturated carbocycles. The van der Waals surface area contributed by atoms with E-state index < -0.39 is 0 Å². The Labute approximate surface area is 155 Å². The van der Waals surface area contributed by atoms with Crippen molar-refractivity contribution in [1.82, 2.24) is 15.4 Å². The fourth-order valence-electron chi connectivity index (χ4n) is 3.28. The van der Waals surface area contributed by atoms with Crippen LogP contribution < -0.4 is 10.2 Å². The van der Waals surface area contributed by atoms with Gasteiger partial charge < -0.3 is 14.7 Å². The molecule has 0 atom stereocenters. The molecule has 2 heterocycles. The number of nitrogens with zero attached hydrogens (tertiary/aromatic N) is 3. The Balaban J connectivity index is 1.30. The second-order valence-electron chi connectivity index (χ2n) is 6.95. The number of aryl methyl sites for hydroxylation is 2. The van der Waals surface area contributed by atoms with Crippen molar-refractivity contribution in [3.05, 3.63) is 47.3 Å². The lowest BCUT2D eigenvalue weighted by Crippen LogP contribution is -2.46. The fraction of sp³-hybridized carbons (Fsp3) is 0.500. The minimum atomic E-state index is -0.159. The van der Waals surface area contributed by atoms with Crippen LogP contribution in [0.3, 0.4) is 0 Å². The molecule has 0 aliphatic carbocycles. The van der Waals surface area contributed by atoms with Gasteiger partial charge in [-0.05, 0) is 50.9 Å². The van der Waals surface area contributed by atoms with Gasteiger partial charge in [0.1, 0.15) is 5.76 Å². The first-order valence-corrected chi connectivity index (χ1v) is 9.37. The number of piperazine rings is 1. The Kier molecular flexibility index (Phi) is 6.28. The number of aromatic nitrogens is 1. The van der Waals surface area contributed by atoms with Gasteiger partial charge in [0, 0.05) is 44.5 Å². The van der Waals surface area contributed by atoms with Crippen LogP contribution in [0.5, 0.6) is 0 Å². The van der Waals surface area contributed by atoms with Gasteiger partial charge in [-0.25, -0.2) is 0 Å². The molecule has 1 fully saturated rings. The first kappa shape index (κ1) is 18.5. The zero-order chi connectivity index (χ0) is 18.4. The van der Waals surface area contributed by atoms with Gasteiger partial charge in [-0.2, -0.15) is 0 Å². The Morgan fingerprint density at radius 2 is 1.96 bits per heavy atom. The Hall–Kier alpha value is -2.34. The van der Waals surface area contributed by atoms with Crippen molar-refractivity contribution < 1.29 is 9.32 Å². The van der Waals surface area contributed by atoms with E-state index >= 15 is 0 Å². The van der Waals surface area contributed by atoms with Gasteiger partial charge in [-0.15, -0.1) is 0 Å². The summed E-state index contributed by atoms with van der Waals surface area (Å²) in [5.74, 6) is 0.494. The minimum Gasteiger partial charge on any atom is -0.369 e. The predicted octanol–water partition coefficient (Wildman–Crippen LogP) is 2.62. The molecule has 2 aromatic rings. The van der Waals surface area contributed by atoms with Gasteiger partial charge in [-0.3, -0.25) is 9.69 Å². The van der Waals surface area contributed by atoms with Crippen molar-refractivity contribution in [1.29, 1.82) is 0 Å². The van der Waals surface area contributed by atoms with Gasteiger partial charge in [0.05, 0.1) is 0 Å². The highest BCUT2D eigenvalue weighted by molar-refractivity contribution is 5.92. The quantitative estimate of drug-likeness (QED) is 0.773. The molecule has 1 aromatic carbocycles. The molecular formula is C20H28N4O2. The molecule has 1 saturated heterocycles. The van der Waals surface area contributed by atoms with Crippen LogP contribution in [0, 0.1) is 13.8 Å². The van der Waals surface area contributed by atoms with Crippen molar-refractivity contribution in [3.8, 4) is 0 Å². The second-order valence-corrected chi connectivity index (χ2v) is 6.95. The first-order chi connectivity index (χ1) is 12.6. The summed E-state index contributed by atoms with van der Waals surface area (Å²) in [6, 6.07) is 10.4. The van der Waals surface area contributed by atoms with Crippen LogP contribution in [0.25, 0.3) is 0 Å². The van der Waals surface area contributed by atoms with E-state index in [1.54, 1.807) is 13.0 Å². The van der Waals surface area contributed by atoms with Gasteiger partial charge in [0.25, 0.3) is 5.91 Å². The predicted molar refractivity (Wildman–Crippen MR) is 103 cm³/mol. The number of carbonyl (C=O) groups is 1. The number of benzene rings is 1. The maximum absolute atomic E-state index is 11.9. The van der Waals surface area contributed by atoms with Crippen LogP contribution in [0.15, 0.2) is 34.9 Å². The smallest absolute Gasteiger partial charge is 0.273 e. The SMILES string of the molecule is Cc1cccc(N2CCN(CCCCNC(=O)c3cc(C)on3)CC2)c1. The van der Waals surface area contributed by atoms with Crippen molar-refractivity contribution in [3.63, 3.8) is 0 Å². The van der Waals surface area contributed by atoms with E-state index in [9.17, 15) is 4.79 Å². The highest BCUT2D eigenvalue weighted by Crippen LogP contribution is 2.17. The highest BCUT2D eigenvalue weighted by Gasteiger charge is 2.17. The third-order valence-electron chi connectivity index (χ3n) is 4.79. The summed E-state index contributed by atoms with van der Waals surface area (Å²) >= 11 is 0. The van der Waals surface area contributed by atoms with Gasteiger partial charge in [0.15, 0.2) is 5.69 Å². The van der Waals surface area contributed by atoms with Crippen LogP contribution in [-0.2, 0) is 0 Å². The standard InChI is InChI=1S/C20H28N4O2/c1-16-6-5-7-18(14-16)24-12-10-23(11-13-24)9-4-3-8-21-20(25)19-15-17(2)26-22-19/h5-7,14-15H,3-4,8-13H2,1-2H3,(H,21,25). The van der Waals surface area contributed by atoms with E-state index in [1.165, 1.54) is 11.3 Å².